The minimum atomic E-state index is -0.417. The largest absolute Gasteiger partial charge is 0.507 e. The fourth-order valence-electron chi connectivity index (χ4n) is 4.05. The summed E-state index contributed by atoms with van der Waals surface area (Å²) in [4.78, 5) is 27.1. The van der Waals surface area contributed by atoms with Crippen LogP contribution in [0.25, 0.3) is 11.0 Å². The third kappa shape index (κ3) is 4.48. The van der Waals surface area contributed by atoms with Gasteiger partial charge in [0.05, 0.1) is 23.1 Å². The smallest absolute Gasteiger partial charge is 0.338 e. The third-order valence-electron chi connectivity index (χ3n) is 5.88. The summed E-state index contributed by atoms with van der Waals surface area (Å²) in [6.45, 7) is 5.68. The number of benzene rings is 2. The van der Waals surface area contributed by atoms with Crippen LogP contribution in [-0.4, -0.2) is 35.2 Å². The number of hydrogen-bond acceptors (Lipinski definition) is 7. The molecule has 1 aliphatic rings. The maximum atomic E-state index is 13.1. The molecule has 3 aromatic rings. The van der Waals surface area contributed by atoms with E-state index in [1.54, 1.807) is 37.3 Å². The van der Waals surface area contributed by atoms with E-state index in [0.717, 1.165) is 19.4 Å². The van der Waals surface area contributed by atoms with Crippen LogP contribution in [0.2, 0.25) is 0 Å². The third-order valence-corrected chi connectivity index (χ3v) is 5.88. The number of ether oxygens (including phenoxy) is 2. The fourth-order valence-corrected chi connectivity index (χ4v) is 4.05. The molecule has 2 heterocycles. The molecular formula is C25H27NO6. The van der Waals surface area contributed by atoms with E-state index >= 15 is 0 Å². The zero-order valence-electron chi connectivity index (χ0n) is 18.3. The molecule has 1 N–H and O–H groups in total. The first-order valence-corrected chi connectivity index (χ1v) is 10.9. The fraction of sp³-hybridized carbons (Fsp3) is 0.360. The van der Waals surface area contributed by atoms with Crippen molar-refractivity contribution in [1.29, 1.82) is 0 Å². The van der Waals surface area contributed by atoms with Gasteiger partial charge in [-0.1, -0.05) is 6.42 Å². The summed E-state index contributed by atoms with van der Waals surface area (Å²) < 4.78 is 16.5. The molecule has 0 aliphatic carbocycles. The lowest BCUT2D eigenvalue weighted by Crippen LogP contribution is -2.36. The van der Waals surface area contributed by atoms with E-state index in [1.807, 2.05) is 0 Å². The van der Waals surface area contributed by atoms with Crippen LogP contribution >= 0.6 is 0 Å². The average molecular weight is 437 g/mol. The van der Waals surface area contributed by atoms with Crippen LogP contribution in [0.4, 0.5) is 0 Å². The molecule has 0 saturated carbocycles. The summed E-state index contributed by atoms with van der Waals surface area (Å²) in [5, 5.41) is 10.8. The molecule has 1 saturated heterocycles. The van der Waals surface area contributed by atoms with E-state index in [9.17, 15) is 14.7 Å². The maximum absolute atomic E-state index is 13.1. The van der Waals surface area contributed by atoms with Crippen LogP contribution in [0.1, 0.15) is 49.0 Å². The van der Waals surface area contributed by atoms with Gasteiger partial charge in [-0.2, -0.15) is 0 Å². The van der Waals surface area contributed by atoms with Gasteiger partial charge in [0.15, 0.2) is 0 Å². The number of carbonyl (C=O) groups is 1. The summed E-state index contributed by atoms with van der Waals surface area (Å²) in [6, 6.07) is 9.83. The van der Waals surface area contributed by atoms with Gasteiger partial charge in [-0.25, -0.2) is 4.79 Å². The van der Waals surface area contributed by atoms with Crippen molar-refractivity contribution in [2.45, 2.75) is 45.7 Å². The van der Waals surface area contributed by atoms with Gasteiger partial charge in [0, 0.05) is 12.6 Å². The molecule has 0 bridgehead atoms. The van der Waals surface area contributed by atoms with Crippen molar-refractivity contribution in [3.8, 4) is 17.2 Å². The lowest BCUT2D eigenvalue weighted by Gasteiger charge is -2.33. The van der Waals surface area contributed by atoms with E-state index in [4.69, 9.17) is 13.9 Å². The Kier molecular flexibility index (Phi) is 6.46. The predicted molar refractivity (Wildman–Crippen MR) is 120 cm³/mol. The minimum absolute atomic E-state index is 0.0318. The molecule has 0 radical (unpaired) electrons. The number of esters is 1. The highest BCUT2D eigenvalue weighted by Gasteiger charge is 2.22. The van der Waals surface area contributed by atoms with Crippen molar-refractivity contribution < 1.29 is 23.8 Å². The number of fused-ring (bicyclic) bond motifs is 1. The molecule has 0 unspecified atom stereocenters. The summed E-state index contributed by atoms with van der Waals surface area (Å²) in [6.07, 6.45) is 4.71. The lowest BCUT2D eigenvalue weighted by atomic mass is 10.0. The first-order chi connectivity index (χ1) is 15.5. The van der Waals surface area contributed by atoms with Crippen molar-refractivity contribution in [2.24, 2.45) is 0 Å². The molecule has 168 valence electrons. The van der Waals surface area contributed by atoms with E-state index in [0.29, 0.717) is 47.0 Å². The van der Waals surface area contributed by atoms with Gasteiger partial charge in [-0.3, -0.25) is 9.69 Å². The predicted octanol–water partition coefficient (Wildman–Crippen LogP) is 4.84. The van der Waals surface area contributed by atoms with Gasteiger partial charge in [0.1, 0.15) is 23.3 Å². The highest BCUT2D eigenvalue weighted by molar-refractivity contribution is 5.89. The number of rotatable bonds is 6. The molecule has 1 atom stereocenters. The van der Waals surface area contributed by atoms with Crippen LogP contribution in [0.15, 0.2) is 51.9 Å². The molecule has 0 spiro atoms. The summed E-state index contributed by atoms with van der Waals surface area (Å²) >= 11 is 0. The Bertz CT molecular complexity index is 1170. The second kappa shape index (κ2) is 9.44. The Morgan fingerprint density at radius 3 is 2.69 bits per heavy atom. The van der Waals surface area contributed by atoms with Gasteiger partial charge in [0.2, 0.25) is 11.2 Å². The highest BCUT2D eigenvalue weighted by Crippen LogP contribution is 2.31. The van der Waals surface area contributed by atoms with Crippen LogP contribution in [-0.2, 0) is 11.3 Å². The van der Waals surface area contributed by atoms with Crippen molar-refractivity contribution in [2.75, 3.05) is 13.2 Å². The first kappa shape index (κ1) is 21.9. The lowest BCUT2D eigenvalue weighted by molar-refractivity contribution is 0.0526. The molecule has 1 aliphatic heterocycles. The highest BCUT2D eigenvalue weighted by atomic mass is 16.5. The molecule has 0 amide bonds. The van der Waals surface area contributed by atoms with Gasteiger partial charge in [0.25, 0.3) is 0 Å². The number of phenols is 1. The number of hydrogen-bond donors (Lipinski definition) is 1. The minimum Gasteiger partial charge on any atom is -0.507 e. The summed E-state index contributed by atoms with van der Waals surface area (Å²) in [7, 11) is 0. The number of carbonyl (C=O) groups excluding carboxylic acids is 1. The standard InChI is InChI=1S/C25H27NO6/c1-3-30-25(29)17-7-9-18(10-8-17)32-22-15-31-24-19(23(22)28)11-12-21(27)20(24)14-26-13-5-4-6-16(26)2/h7-12,15-16,27H,3-6,13-14H2,1-2H3/t16-/m1/s1. The van der Waals surface area contributed by atoms with E-state index < -0.39 is 5.97 Å². The Morgan fingerprint density at radius 2 is 1.97 bits per heavy atom. The molecule has 7 nitrogen and oxygen atoms in total. The van der Waals surface area contributed by atoms with Gasteiger partial charge in [-0.05, 0) is 69.6 Å². The van der Waals surface area contributed by atoms with Crippen LogP contribution in [0, 0.1) is 0 Å². The SMILES string of the molecule is CCOC(=O)c1ccc(Oc2coc3c(CN4CCCC[C@H]4C)c(O)ccc3c2=O)cc1. The van der Waals surface area contributed by atoms with Crippen molar-refractivity contribution in [1.82, 2.24) is 4.90 Å². The normalized spacial score (nSPS) is 16.8. The Hall–Kier alpha value is -3.32. The van der Waals surface area contributed by atoms with Gasteiger partial charge >= 0.3 is 5.97 Å². The van der Waals surface area contributed by atoms with E-state index in [1.165, 1.54) is 18.8 Å². The zero-order valence-corrected chi connectivity index (χ0v) is 18.3. The molecular weight excluding hydrogens is 410 g/mol. The van der Waals surface area contributed by atoms with Crippen molar-refractivity contribution >= 4 is 16.9 Å². The van der Waals surface area contributed by atoms with E-state index in [-0.39, 0.29) is 16.9 Å². The Morgan fingerprint density at radius 1 is 1.19 bits per heavy atom. The average Bonchev–Trinajstić information content (AvgIpc) is 2.79. The summed E-state index contributed by atoms with van der Waals surface area (Å²) in [5.74, 6) is 0.122. The summed E-state index contributed by atoms with van der Waals surface area (Å²) in [5.41, 5.74) is 1.06. The topological polar surface area (TPSA) is 89.2 Å². The molecule has 1 fully saturated rings. The second-order valence-corrected chi connectivity index (χ2v) is 8.03. The zero-order chi connectivity index (χ0) is 22.7. The molecule has 32 heavy (non-hydrogen) atoms. The number of likely N-dealkylation sites (tertiary alicyclic amines) is 1. The van der Waals surface area contributed by atoms with E-state index in [2.05, 4.69) is 11.8 Å². The second-order valence-electron chi connectivity index (χ2n) is 8.03. The molecule has 1 aromatic heterocycles. The van der Waals surface area contributed by atoms with Gasteiger partial charge in [-0.15, -0.1) is 0 Å². The number of phenolic OH excluding ortho intramolecular Hbond substituents is 1. The number of piperidine rings is 1. The van der Waals surface area contributed by atoms with Crippen LogP contribution < -0.4 is 10.2 Å². The van der Waals surface area contributed by atoms with Crippen LogP contribution in [0.5, 0.6) is 17.2 Å². The van der Waals surface area contributed by atoms with Crippen molar-refractivity contribution in [3.05, 3.63) is 64.0 Å². The molecule has 4 rings (SSSR count). The Labute approximate surface area is 186 Å². The molecule has 7 heteroatoms. The monoisotopic (exact) mass is 437 g/mol. The maximum Gasteiger partial charge on any atom is 0.338 e. The quantitative estimate of drug-likeness (QED) is 0.552. The number of nitrogens with zero attached hydrogens (tertiary/aromatic N) is 1. The van der Waals surface area contributed by atoms with Crippen LogP contribution in [0.3, 0.4) is 0 Å². The first-order valence-electron chi connectivity index (χ1n) is 10.9. The molecule has 2 aromatic carbocycles. The van der Waals surface area contributed by atoms with Gasteiger partial charge < -0.3 is 19.0 Å². The van der Waals surface area contributed by atoms with Crippen molar-refractivity contribution in [3.63, 3.8) is 0 Å². The number of aromatic hydroxyl groups is 1. The Balaban J connectivity index is 1.61.